The van der Waals surface area contributed by atoms with Gasteiger partial charge in [-0.3, -0.25) is 0 Å². The maximum absolute atomic E-state index is 5.03. The third kappa shape index (κ3) is 2.60. The van der Waals surface area contributed by atoms with Gasteiger partial charge in [0.05, 0.1) is 16.5 Å². The van der Waals surface area contributed by atoms with Crippen LogP contribution in [0.2, 0.25) is 0 Å². The highest BCUT2D eigenvalue weighted by Crippen LogP contribution is 2.54. The largest absolute Gasteiger partial charge is 0.248 e. The second-order valence-electron chi connectivity index (χ2n) is 7.98. The van der Waals surface area contributed by atoms with Gasteiger partial charge in [0, 0.05) is 10.8 Å². The van der Waals surface area contributed by atoms with E-state index < -0.39 is 5.41 Å². The molecule has 0 bridgehead atoms. The summed E-state index contributed by atoms with van der Waals surface area (Å²) in [5, 5.41) is 2.26. The van der Waals surface area contributed by atoms with Crippen LogP contribution in [0.1, 0.15) is 16.7 Å². The molecule has 1 aliphatic heterocycles. The second-order valence-corrected chi connectivity index (χ2v) is 7.98. The SMILES string of the molecule is C1=C2N=c3ccccc3=C2C(c2ccccc2)(c2ccccc2)C(c2ccccc2)=C1. The summed E-state index contributed by atoms with van der Waals surface area (Å²) in [7, 11) is 0. The van der Waals surface area contributed by atoms with Gasteiger partial charge in [-0.25, -0.2) is 4.99 Å². The van der Waals surface area contributed by atoms with Crippen molar-refractivity contribution in [3.8, 4) is 0 Å². The summed E-state index contributed by atoms with van der Waals surface area (Å²) < 4.78 is 0. The number of benzene rings is 4. The molecule has 0 fully saturated rings. The molecule has 146 valence electrons. The van der Waals surface area contributed by atoms with E-state index in [0.717, 1.165) is 11.1 Å². The van der Waals surface area contributed by atoms with E-state index in [1.807, 2.05) is 0 Å². The Bertz CT molecular complexity index is 1400. The number of allylic oxidation sites excluding steroid dienone is 4. The average Bonchev–Trinajstić information content (AvgIpc) is 3.24. The Morgan fingerprint density at radius 3 is 1.71 bits per heavy atom. The molecule has 0 unspecified atom stereocenters. The summed E-state index contributed by atoms with van der Waals surface area (Å²) >= 11 is 0. The van der Waals surface area contributed by atoms with Crippen molar-refractivity contribution in [3.05, 3.63) is 160 Å². The van der Waals surface area contributed by atoms with E-state index in [0.29, 0.717) is 0 Å². The number of nitrogens with zero attached hydrogens (tertiary/aromatic N) is 1. The number of hydrogen-bond acceptors (Lipinski definition) is 1. The third-order valence-corrected chi connectivity index (χ3v) is 6.36. The molecule has 0 atom stereocenters. The van der Waals surface area contributed by atoms with Crippen molar-refractivity contribution in [3.63, 3.8) is 0 Å². The van der Waals surface area contributed by atoms with Gasteiger partial charge in [0.15, 0.2) is 0 Å². The minimum absolute atomic E-state index is 0.454. The predicted molar refractivity (Wildman–Crippen MR) is 127 cm³/mol. The smallest absolute Gasteiger partial charge is 0.0735 e. The Hall–Kier alpha value is -3.97. The number of hydrogen-bond donors (Lipinski definition) is 0. The Labute approximate surface area is 182 Å². The fraction of sp³-hybridized carbons (Fsp3) is 0.0333. The number of rotatable bonds is 3. The first-order chi connectivity index (χ1) is 15.4. The first-order valence-electron chi connectivity index (χ1n) is 10.7. The predicted octanol–water partition coefficient (Wildman–Crippen LogP) is 5.44. The van der Waals surface area contributed by atoms with Crippen LogP contribution >= 0.6 is 0 Å². The minimum Gasteiger partial charge on any atom is -0.248 e. The third-order valence-electron chi connectivity index (χ3n) is 6.36. The Morgan fingerprint density at radius 1 is 0.516 bits per heavy atom. The van der Waals surface area contributed by atoms with Crippen molar-refractivity contribution in [2.24, 2.45) is 4.99 Å². The van der Waals surface area contributed by atoms with Crippen LogP contribution in [0.4, 0.5) is 0 Å². The van der Waals surface area contributed by atoms with Crippen molar-refractivity contribution in [1.82, 2.24) is 0 Å². The van der Waals surface area contributed by atoms with Gasteiger partial charge in [-0.15, -0.1) is 0 Å². The van der Waals surface area contributed by atoms with Gasteiger partial charge in [-0.05, 0) is 34.4 Å². The molecule has 1 nitrogen and oxygen atoms in total. The Balaban J connectivity index is 1.83. The van der Waals surface area contributed by atoms with Crippen LogP contribution in [-0.4, -0.2) is 0 Å². The van der Waals surface area contributed by atoms with Gasteiger partial charge in [-0.2, -0.15) is 0 Å². The summed E-state index contributed by atoms with van der Waals surface area (Å²) in [6.07, 6.45) is 4.45. The highest BCUT2D eigenvalue weighted by atomic mass is 14.8. The summed E-state index contributed by atoms with van der Waals surface area (Å²) in [5.41, 5.74) is 6.87. The Morgan fingerprint density at radius 2 is 1.06 bits per heavy atom. The second kappa shape index (κ2) is 7.07. The first kappa shape index (κ1) is 17.9. The molecule has 4 aromatic carbocycles. The molecule has 2 aliphatic rings. The van der Waals surface area contributed by atoms with E-state index in [-0.39, 0.29) is 0 Å². The normalized spacial score (nSPS) is 15.9. The maximum atomic E-state index is 5.03. The number of fused-ring (bicyclic) bond motifs is 2. The van der Waals surface area contributed by atoms with E-state index in [1.54, 1.807) is 0 Å². The summed E-state index contributed by atoms with van der Waals surface area (Å²) in [4.78, 5) is 5.03. The first-order valence-corrected chi connectivity index (χ1v) is 10.7. The molecule has 0 amide bonds. The lowest BCUT2D eigenvalue weighted by Crippen LogP contribution is -2.37. The minimum atomic E-state index is -0.454. The lowest BCUT2D eigenvalue weighted by molar-refractivity contribution is 0.848. The monoisotopic (exact) mass is 395 g/mol. The quantitative estimate of drug-likeness (QED) is 0.438. The maximum Gasteiger partial charge on any atom is 0.0735 e. The van der Waals surface area contributed by atoms with Crippen LogP contribution in [0, 0.1) is 0 Å². The van der Waals surface area contributed by atoms with Crippen molar-refractivity contribution >= 4 is 11.1 Å². The van der Waals surface area contributed by atoms with Crippen molar-refractivity contribution in [1.29, 1.82) is 0 Å². The van der Waals surface area contributed by atoms with Crippen LogP contribution in [0.25, 0.3) is 11.1 Å². The fourth-order valence-corrected chi connectivity index (χ4v) is 5.12. The van der Waals surface area contributed by atoms with E-state index in [1.165, 1.54) is 33.1 Å². The van der Waals surface area contributed by atoms with Gasteiger partial charge < -0.3 is 0 Å². The summed E-state index contributed by atoms with van der Waals surface area (Å²) in [5.74, 6) is 0. The fourth-order valence-electron chi connectivity index (χ4n) is 5.12. The zero-order valence-corrected chi connectivity index (χ0v) is 17.1. The molecule has 0 spiro atoms. The van der Waals surface area contributed by atoms with E-state index in [9.17, 15) is 0 Å². The van der Waals surface area contributed by atoms with Crippen LogP contribution in [0.5, 0.6) is 0 Å². The van der Waals surface area contributed by atoms with E-state index in [2.05, 4.69) is 127 Å². The average molecular weight is 396 g/mol. The lowest BCUT2D eigenvalue weighted by Gasteiger charge is -2.41. The standard InChI is InChI=1S/C30H21N/c1-4-12-22(13-5-1)26-20-21-28-29(25-18-10-11-19-27(25)31-28)30(26,23-14-6-2-7-15-23)24-16-8-3-9-17-24/h1-21H. The van der Waals surface area contributed by atoms with Crippen LogP contribution < -0.4 is 10.6 Å². The van der Waals surface area contributed by atoms with Crippen molar-refractivity contribution < 1.29 is 0 Å². The molecule has 1 heterocycles. The molecule has 0 N–H and O–H groups in total. The lowest BCUT2D eigenvalue weighted by atomic mass is 9.60. The molecule has 31 heavy (non-hydrogen) atoms. The Kier molecular flexibility index (Phi) is 4.07. The van der Waals surface area contributed by atoms with Crippen LogP contribution in [0.3, 0.4) is 0 Å². The van der Waals surface area contributed by atoms with Gasteiger partial charge >= 0.3 is 0 Å². The van der Waals surface area contributed by atoms with Crippen molar-refractivity contribution in [2.45, 2.75) is 5.41 Å². The molecule has 0 saturated carbocycles. The van der Waals surface area contributed by atoms with E-state index >= 15 is 0 Å². The van der Waals surface area contributed by atoms with Crippen LogP contribution in [0.15, 0.2) is 138 Å². The highest BCUT2D eigenvalue weighted by Gasteiger charge is 2.46. The topological polar surface area (TPSA) is 12.4 Å². The van der Waals surface area contributed by atoms with Gasteiger partial charge in [0.25, 0.3) is 0 Å². The zero-order valence-electron chi connectivity index (χ0n) is 17.1. The molecule has 1 aliphatic carbocycles. The van der Waals surface area contributed by atoms with E-state index in [4.69, 9.17) is 4.99 Å². The van der Waals surface area contributed by atoms with Crippen molar-refractivity contribution in [2.75, 3.05) is 0 Å². The summed E-state index contributed by atoms with van der Waals surface area (Å²) in [6.45, 7) is 0. The molecule has 1 heteroatoms. The van der Waals surface area contributed by atoms with Gasteiger partial charge in [-0.1, -0.05) is 115 Å². The number of para-hydroxylation sites is 1. The molecule has 6 rings (SSSR count). The van der Waals surface area contributed by atoms with Crippen LogP contribution in [-0.2, 0) is 5.41 Å². The molecule has 4 aromatic rings. The summed E-state index contributed by atoms with van der Waals surface area (Å²) in [6, 6.07) is 41.0. The molecular weight excluding hydrogens is 374 g/mol. The molecular formula is C30H21N. The van der Waals surface area contributed by atoms with Gasteiger partial charge in [0.2, 0.25) is 0 Å². The highest BCUT2D eigenvalue weighted by molar-refractivity contribution is 5.99. The van der Waals surface area contributed by atoms with Gasteiger partial charge in [0.1, 0.15) is 0 Å². The zero-order chi connectivity index (χ0) is 20.7. The molecule has 0 radical (unpaired) electrons. The molecule has 0 saturated heterocycles. The molecule has 0 aromatic heterocycles.